The second-order valence-electron chi connectivity index (χ2n) is 4.83. The van der Waals surface area contributed by atoms with Gasteiger partial charge < -0.3 is 20.1 Å². The van der Waals surface area contributed by atoms with Crippen LogP contribution in [0.25, 0.3) is 0 Å². The summed E-state index contributed by atoms with van der Waals surface area (Å²) in [6, 6.07) is 0. The third-order valence-electron chi connectivity index (χ3n) is 2.52. The summed E-state index contributed by atoms with van der Waals surface area (Å²) >= 11 is 0. The number of ether oxygens (including phenoxy) is 1. The van der Waals surface area contributed by atoms with E-state index in [2.05, 4.69) is 13.8 Å². The molecule has 0 aromatic heterocycles. The molecule has 3 N–H and O–H groups in total. The normalized spacial score (nSPS) is 15.5. The molecule has 0 spiro atoms. The minimum absolute atomic E-state index is 0.297. The molecule has 3 atom stereocenters. The second-order valence-corrected chi connectivity index (χ2v) is 4.83. The van der Waals surface area contributed by atoms with Gasteiger partial charge in [0.2, 0.25) is 0 Å². The third-order valence-corrected chi connectivity index (χ3v) is 2.52. The van der Waals surface area contributed by atoms with Crippen LogP contribution in [0.3, 0.4) is 0 Å². The molecule has 0 rings (SSSR count). The zero-order valence-electron chi connectivity index (χ0n) is 12.4. The van der Waals surface area contributed by atoms with Crippen LogP contribution in [0.2, 0.25) is 0 Å². The van der Waals surface area contributed by atoms with Crippen molar-refractivity contribution >= 4 is 0 Å². The van der Waals surface area contributed by atoms with Gasteiger partial charge in [0.15, 0.2) is 0 Å². The summed E-state index contributed by atoms with van der Waals surface area (Å²) in [6.45, 7) is 8.57. The summed E-state index contributed by atoms with van der Waals surface area (Å²) in [5, 5.41) is 26.1. The molecule has 0 heterocycles. The van der Waals surface area contributed by atoms with Crippen molar-refractivity contribution in [1.29, 1.82) is 0 Å². The number of hydrogen-bond donors (Lipinski definition) is 3. The van der Waals surface area contributed by atoms with E-state index in [1.165, 1.54) is 19.3 Å². The highest BCUT2D eigenvalue weighted by atomic mass is 16.5. The molecule has 0 amide bonds. The van der Waals surface area contributed by atoms with Crippen molar-refractivity contribution in [3.63, 3.8) is 0 Å². The van der Waals surface area contributed by atoms with E-state index in [1.807, 2.05) is 0 Å². The fourth-order valence-corrected chi connectivity index (χ4v) is 1.33. The Hall–Kier alpha value is -0.160. The first-order valence-electron chi connectivity index (χ1n) is 7.02. The SMILES string of the molecule is CC(O)COCC(C)O.CCCCC(CC)CO. The highest BCUT2D eigenvalue weighted by Crippen LogP contribution is 2.10. The second kappa shape index (κ2) is 14.9. The van der Waals surface area contributed by atoms with Gasteiger partial charge in [-0.15, -0.1) is 0 Å². The zero-order chi connectivity index (χ0) is 14.4. The maximum absolute atomic E-state index is 8.75. The van der Waals surface area contributed by atoms with Crippen LogP contribution in [0.15, 0.2) is 0 Å². The molecular formula is C14H32O4. The van der Waals surface area contributed by atoms with E-state index < -0.39 is 12.2 Å². The molecule has 0 aliphatic heterocycles. The molecule has 0 bridgehead atoms. The Bertz CT molecular complexity index is 137. The van der Waals surface area contributed by atoms with Crippen molar-refractivity contribution in [2.24, 2.45) is 5.92 Å². The van der Waals surface area contributed by atoms with Gasteiger partial charge >= 0.3 is 0 Å². The fourth-order valence-electron chi connectivity index (χ4n) is 1.33. The van der Waals surface area contributed by atoms with E-state index in [4.69, 9.17) is 20.1 Å². The van der Waals surface area contributed by atoms with E-state index in [0.717, 1.165) is 6.42 Å². The average molecular weight is 264 g/mol. The van der Waals surface area contributed by atoms with Crippen LogP contribution in [-0.2, 0) is 4.74 Å². The first-order chi connectivity index (χ1) is 8.47. The Morgan fingerprint density at radius 1 is 1.00 bits per heavy atom. The summed E-state index contributed by atoms with van der Waals surface area (Å²) in [4.78, 5) is 0. The van der Waals surface area contributed by atoms with Gasteiger partial charge in [-0.05, 0) is 26.2 Å². The number of hydrogen-bond acceptors (Lipinski definition) is 4. The van der Waals surface area contributed by atoms with Crippen LogP contribution in [0.1, 0.15) is 53.4 Å². The Morgan fingerprint density at radius 3 is 1.78 bits per heavy atom. The molecule has 3 unspecified atom stereocenters. The van der Waals surface area contributed by atoms with Gasteiger partial charge in [-0.3, -0.25) is 0 Å². The largest absolute Gasteiger partial charge is 0.396 e. The van der Waals surface area contributed by atoms with E-state index in [1.54, 1.807) is 13.8 Å². The maximum Gasteiger partial charge on any atom is 0.0745 e. The van der Waals surface area contributed by atoms with E-state index in [-0.39, 0.29) is 0 Å². The molecule has 4 nitrogen and oxygen atoms in total. The lowest BCUT2D eigenvalue weighted by atomic mass is 10.0. The van der Waals surface area contributed by atoms with Gasteiger partial charge in [-0.1, -0.05) is 33.1 Å². The predicted molar refractivity (Wildman–Crippen MR) is 74.6 cm³/mol. The predicted octanol–water partition coefficient (Wildman–Crippen LogP) is 1.96. The van der Waals surface area contributed by atoms with Crippen LogP contribution >= 0.6 is 0 Å². The van der Waals surface area contributed by atoms with Gasteiger partial charge in [0.05, 0.1) is 25.4 Å². The smallest absolute Gasteiger partial charge is 0.0745 e. The molecule has 0 aliphatic carbocycles. The van der Waals surface area contributed by atoms with Crippen molar-refractivity contribution in [3.05, 3.63) is 0 Å². The number of unbranched alkanes of at least 4 members (excludes halogenated alkanes) is 1. The minimum atomic E-state index is -0.441. The average Bonchev–Trinajstić information content (AvgIpc) is 2.30. The van der Waals surface area contributed by atoms with Gasteiger partial charge in [-0.2, -0.15) is 0 Å². The molecule has 0 fully saturated rings. The Labute approximate surface area is 112 Å². The molecule has 0 saturated heterocycles. The lowest BCUT2D eigenvalue weighted by Crippen LogP contribution is -2.16. The number of aliphatic hydroxyl groups is 3. The standard InChI is InChI=1S/C8H18O.C6H14O3/c1-3-5-6-8(4-2)7-9;1-5(7)3-9-4-6(2)8/h8-9H,3-7H2,1-2H3;5-8H,3-4H2,1-2H3. The highest BCUT2D eigenvalue weighted by Gasteiger charge is 2.01. The van der Waals surface area contributed by atoms with Crippen LogP contribution in [0.5, 0.6) is 0 Å². The minimum Gasteiger partial charge on any atom is -0.396 e. The molecule has 0 radical (unpaired) electrons. The summed E-state index contributed by atoms with van der Waals surface area (Å²) in [6.07, 6.45) is 3.95. The maximum atomic E-state index is 8.75. The lowest BCUT2D eigenvalue weighted by Gasteiger charge is -2.08. The first kappa shape index (κ1) is 20.2. The molecule has 0 aromatic carbocycles. The van der Waals surface area contributed by atoms with E-state index in [9.17, 15) is 0 Å². The number of aliphatic hydroxyl groups excluding tert-OH is 3. The Morgan fingerprint density at radius 2 is 1.50 bits per heavy atom. The monoisotopic (exact) mass is 264 g/mol. The third kappa shape index (κ3) is 18.2. The van der Waals surface area contributed by atoms with Crippen molar-refractivity contribution < 1.29 is 20.1 Å². The summed E-state index contributed by atoms with van der Waals surface area (Å²) < 4.78 is 4.86. The Kier molecular flexibility index (Phi) is 16.7. The van der Waals surface area contributed by atoms with E-state index >= 15 is 0 Å². The van der Waals surface area contributed by atoms with Crippen LogP contribution in [0, 0.1) is 5.92 Å². The van der Waals surface area contributed by atoms with E-state index in [0.29, 0.717) is 25.7 Å². The van der Waals surface area contributed by atoms with Crippen molar-refractivity contribution in [1.82, 2.24) is 0 Å². The molecule has 0 aromatic rings. The van der Waals surface area contributed by atoms with Gasteiger partial charge in [0.25, 0.3) is 0 Å². The quantitative estimate of drug-likeness (QED) is 0.595. The lowest BCUT2D eigenvalue weighted by molar-refractivity contribution is 0.00392. The fraction of sp³-hybridized carbons (Fsp3) is 1.00. The molecule has 18 heavy (non-hydrogen) atoms. The number of rotatable bonds is 9. The summed E-state index contributed by atoms with van der Waals surface area (Å²) in [5.74, 6) is 0.560. The van der Waals surface area contributed by atoms with Crippen molar-refractivity contribution in [2.45, 2.75) is 65.6 Å². The van der Waals surface area contributed by atoms with Crippen molar-refractivity contribution in [3.8, 4) is 0 Å². The van der Waals surface area contributed by atoms with Gasteiger partial charge in [-0.25, -0.2) is 0 Å². The molecule has 4 heteroatoms. The van der Waals surface area contributed by atoms with Gasteiger partial charge in [0, 0.05) is 6.61 Å². The molecular weight excluding hydrogens is 232 g/mol. The van der Waals surface area contributed by atoms with Crippen LogP contribution < -0.4 is 0 Å². The van der Waals surface area contributed by atoms with Crippen LogP contribution in [-0.4, -0.2) is 47.3 Å². The molecule has 112 valence electrons. The van der Waals surface area contributed by atoms with Crippen molar-refractivity contribution in [2.75, 3.05) is 19.8 Å². The highest BCUT2D eigenvalue weighted by molar-refractivity contribution is 4.53. The topological polar surface area (TPSA) is 69.9 Å². The zero-order valence-corrected chi connectivity index (χ0v) is 12.4. The summed E-state index contributed by atoms with van der Waals surface area (Å²) in [7, 11) is 0. The van der Waals surface area contributed by atoms with Crippen LogP contribution in [0.4, 0.5) is 0 Å². The molecule has 0 aliphatic rings. The summed E-state index contributed by atoms with van der Waals surface area (Å²) in [5.41, 5.74) is 0. The van der Waals surface area contributed by atoms with Gasteiger partial charge in [0.1, 0.15) is 0 Å². The Balaban J connectivity index is 0. The molecule has 0 saturated carbocycles. The first-order valence-corrected chi connectivity index (χ1v) is 7.02.